The van der Waals surface area contributed by atoms with Gasteiger partial charge in [-0.05, 0) is 48.7 Å². The highest BCUT2D eigenvalue weighted by molar-refractivity contribution is 6.35. The fourth-order valence-corrected chi connectivity index (χ4v) is 3.20. The molecule has 7 heteroatoms. The van der Waals surface area contributed by atoms with E-state index in [0.29, 0.717) is 29.2 Å². The van der Waals surface area contributed by atoms with E-state index < -0.39 is 11.9 Å². The number of hydrogen-bond acceptors (Lipinski definition) is 2. The third-order valence-electron chi connectivity index (χ3n) is 4.08. The van der Waals surface area contributed by atoms with Crippen molar-refractivity contribution in [3.05, 3.63) is 69.0 Å². The zero-order chi connectivity index (χ0) is 20.0. The molecule has 2 rings (SSSR count). The fourth-order valence-electron chi connectivity index (χ4n) is 2.65. The standard InChI is InChI=1S/C20H20Cl2FN3O/c1-3-8-26(12-15-6-4-14(11-24)5-7-15)20(27)25-13(2)16-9-19(23)18(22)10-17(16)21/h4-7,9-10,13H,3,8,12H2,1-2H3,(H,25,27). The van der Waals surface area contributed by atoms with E-state index >= 15 is 0 Å². The Morgan fingerprint density at radius 3 is 2.52 bits per heavy atom. The molecule has 0 heterocycles. The molecule has 0 saturated heterocycles. The number of carbonyl (C=O) groups excluding carboxylic acids is 1. The summed E-state index contributed by atoms with van der Waals surface area (Å²) in [5.74, 6) is -0.583. The first-order chi connectivity index (χ1) is 12.8. The number of carbonyl (C=O) groups is 1. The maximum Gasteiger partial charge on any atom is 0.318 e. The largest absolute Gasteiger partial charge is 0.331 e. The van der Waals surface area contributed by atoms with Gasteiger partial charge in [-0.1, -0.05) is 42.3 Å². The highest BCUT2D eigenvalue weighted by atomic mass is 35.5. The van der Waals surface area contributed by atoms with Crippen LogP contribution in [0.15, 0.2) is 36.4 Å². The number of benzene rings is 2. The average molecular weight is 408 g/mol. The molecule has 0 aliphatic rings. The van der Waals surface area contributed by atoms with Crippen LogP contribution in [0.4, 0.5) is 9.18 Å². The van der Waals surface area contributed by atoms with Crippen molar-refractivity contribution >= 4 is 29.2 Å². The van der Waals surface area contributed by atoms with E-state index in [-0.39, 0.29) is 11.1 Å². The summed E-state index contributed by atoms with van der Waals surface area (Å²) in [5, 5.41) is 12.0. The van der Waals surface area contributed by atoms with Crippen LogP contribution in [0.25, 0.3) is 0 Å². The Bertz CT molecular complexity index is 850. The lowest BCUT2D eigenvalue weighted by Gasteiger charge is -2.25. The molecule has 27 heavy (non-hydrogen) atoms. The van der Waals surface area contributed by atoms with Crippen molar-refractivity contribution in [2.75, 3.05) is 6.54 Å². The van der Waals surface area contributed by atoms with Crippen LogP contribution in [0.2, 0.25) is 10.0 Å². The van der Waals surface area contributed by atoms with Gasteiger partial charge in [0.1, 0.15) is 5.82 Å². The van der Waals surface area contributed by atoms with Gasteiger partial charge in [-0.15, -0.1) is 0 Å². The van der Waals surface area contributed by atoms with Crippen molar-refractivity contribution in [3.8, 4) is 6.07 Å². The molecule has 0 aliphatic carbocycles. The minimum absolute atomic E-state index is 0.0595. The molecule has 0 fully saturated rings. The van der Waals surface area contributed by atoms with Gasteiger partial charge < -0.3 is 10.2 Å². The van der Waals surface area contributed by atoms with Crippen LogP contribution >= 0.6 is 23.2 Å². The highest BCUT2D eigenvalue weighted by Gasteiger charge is 2.19. The van der Waals surface area contributed by atoms with E-state index in [1.165, 1.54) is 12.1 Å². The smallest absolute Gasteiger partial charge is 0.318 e. The predicted octanol–water partition coefficient (Wildman–Crippen LogP) is 5.69. The Kier molecular flexibility index (Phi) is 7.46. The molecule has 0 spiro atoms. The summed E-state index contributed by atoms with van der Waals surface area (Å²) in [4.78, 5) is 14.4. The van der Waals surface area contributed by atoms with Gasteiger partial charge in [0, 0.05) is 18.1 Å². The van der Waals surface area contributed by atoms with Crippen LogP contribution in [-0.4, -0.2) is 17.5 Å². The molecule has 0 aliphatic heterocycles. The lowest BCUT2D eigenvalue weighted by atomic mass is 10.1. The molecule has 4 nitrogen and oxygen atoms in total. The van der Waals surface area contributed by atoms with Crippen LogP contribution < -0.4 is 5.32 Å². The quantitative estimate of drug-likeness (QED) is 0.625. The molecule has 142 valence electrons. The van der Waals surface area contributed by atoms with Crippen molar-refractivity contribution in [1.29, 1.82) is 5.26 Å². The first kappa shape index (κ1) is 21.0. The van der Waals surface area contributed by atoms with Gasteiger partial charge in [-0.25, -0.2) is 9.18 Å². The van der Waals surface area contributed by atoms with E-state index in [1.54, 1.807) is 24.0 Å². The molecule has 1 unspecified atom stereocenters. The molecule has 0 radical (unpaired) electrons. The van der Waals surface area contributed by atoms with Crippen LogP contribution in [0.5, 0.6) is 0 Å². The number of urea groups is 1. The summed E-state index contributed by atoms with van der Waals surface area (Å²) >= 11 is 11.9. The van der Waals surface area contributed by atoms with E-state index in [1.807, 2.05) is 19.1 Å². The minimum atomic E-state index is -0.583. The normalized spacial score (nSPS) is 11.6. The maximum absolute atomic E-state index is 13.7. The van der Waals surface area contributed by atoms with Gasteiger partial charge in [-0.3, -0.25) is 0 Å². The summed E-state index contributed by atoms with van der Waals surface area (Å²) in [6.45, 7) is 4.67. The van der Waals surface area contributed by atoms with Crippen molar-refractivity contribution in [2.24, 2.45) is 0 Å². The van der Waals surface area contributed by atoms with Gasteiger partial charge in [0.05, 0.1) is 22.7 Å². The van der Waals surface area contributed by atoms with E-state index in [4.69, 9.17) is 28.5 Å². The fraction of sp³-hybridized carbons (Fsp3) is 0.300. The van der Waals surface area contributed by atoms with Crippen molar-refractivity contribution in [3.63, 3.8) is 0 Å². The Morgan fingerprint density at radius 2 is 1.93 bits per heavy atom. The molecule has 1 N–H and O–H groups in total. The summed E-state index contributed by atoms with van der Waals surface area (Å²) < 4.78 is 13.7. The summed E-state index contributed by atoms with van der Waals surface area (Å²) in [7, 11) is 0. The van der Waals surface area contributed by atoms with Gasteiger partial charge in [0.2, 0.25) is 0 Å². The SMILES string of the molecule is CCCN(Cc1ccc(C#N)cc1)C(=O)NC(C)c1cc(F)c(Cl)cc1Cl. The third-order valence-corrected chi connectivity index (χ3v) is 4.70. The second kappa shape index (κ2) is 9.59. The summed E-state index contributed by atoms with van der Waals surface area (Å²) in [6, 6.07) is 11.0. The molecule has 2 aromatic carbocycles. The summed E-state index contributed by atoms with van der Waals surface area (Å²) in [6.07, 6.45) is 0.786. The second-order valence-corrected chi connectivity index (χ2v) is 7.00. The van der Waals surface area contributed by atoms with Gasteiger partial charge in [-0.2, -0.15) is 5.26 Å². The average Bonchev–Trinajstić information content (AvgIpc) is 2.64. The lowest BCUT2D eigenvalue weighted by Crippen LogP contribution is -2.41. The summed E-state index contributed by atoms with van der Waals surface area (Å²) in [5.41, 5.74) is 1.95. The van der Waals surface area contributed by atoms with Crippen LogP contribution in [-0.2, 0) is 6.54 Å². The molecule has 1 atom stereocenters. The minimum Gasteiger partial charge on any atom is -0.331 e. The van der Waals surface area contributed by atoms with Gasteiger partial charge in [0.15, 0.2) is 0 Å². The molecule has 0 aromatic heterocycles. The van der Waals surface area contributed by atoms with Crippen molar-refractivity contribution in [1.82, 2.24) is 10.2 Å². The molecular formula is C20H20Cl2FN3O. The molecule has 2 amide bonds. The zero-order valence-electron chi connectivity index (χ0n) is 15.1. The Hall–Kier alpha value is -2.29. The number of hydrogen-bond donors (Lipinski definition) is 1. The number of rotatable bonds is 6. The highest BCUT2D eigenvalue weighted by Crippen LogP contribution is 2.28. The Balaban J connectivity index is 2.11. The molecule has 2 aromatic rings. The van der Waals surface area contributed by atoms with Crippen molar-refractivity contribution < 1.29 is 9.18 Å². The number of amides is 2. The number of nitrogens with zero attached hydrogens (tertiary/aromatic N) is 2. The van der Waals surface area contributed by atoms with E-state index in [2.05, 4.69) is 11.4 Å². The maximum atomic E-state index is 13.7. The molecule has 0 bridgehead atoms. The predicted molar refractivity (Wildman–Crippen MR) is 105 cm³/mol. The number of nitrogens with one attached hydrogen (secondary N) is 1. The first-order valence-corrected chi connectivity index (χ1v) is 9.30. The van der Waals surface area contributed by atoms with E-state index in [0.717, 1.165) is 12.0 Å². The zero-order valence-corrected chi connectivity index (χ0v) is 16.6. The first-order valence-electron chi connectivity index (χ1n) is 8.54. The van der Waals surface area contributed by atoms with Gasteiger partial charge in [0.25, 0.3) is 0 Å². The van der Waals surface area contributed by atoms with Crippen LogP contribution in [0, 0.1) is 17.1 Å². The lowest BCUT2D eigenvalue weighted by molar-refractivity contribution is 0.192. The van der Waals surface area contributed by atoms with Crippen LogP contribution in [0.3, 0.4) is 0 Å². The Morgan fingerprint density at radius 1 is 1.26 bits per heavy atom. The second-order valence-electron chi connectivity index (χ2n) is 6.19. The Labute approximate surface area is 168 Å². The topological polar surface area (TPSA) is 56.1 Å². The number of nitriles is 1. The molecular weight excluding hydrogens is 388 g/mol. The third kappa shape index (κ3) is 5.59. The van der Waals surface area contributed by atoms with Gasteiger partial charge >= 0.3 is 6.03 Å². The van der Waals surface area contributed by atoms with E-state index in [9.17, 15) is 9.18 Å². The van der Waals surface area contributed by atoms with Crippen LogP contribution in [0.1, 0.15) is 43.0 Å². The molecule has 0 saturated carbocycles. The monoisotopic (exact) mass is 407 g/mol. The number of halogens is 3. The van der Waals surface area contributed by atoms with Crippen molar-refractivity contribution in [2.45, 2.75) is 32.9 Å².